The van der Waals surface area contributed by atoms with E-state index in [2.05, 4.69) is 0 Å². The molecule has 1 nitrogen and oxygen atoms in total. The van der Waals surface area contributed by atoms with Gasteiger partial charge in [-0.3, -0.25) is 4.79 Å². The minimum absolute atomic E-state index is 0.0252. The fraction of sp³-hybridized carbons (Fsp3) is 0.312. The van der Waals surface area contributed by atoms with Gasteiger partial charge >= 0.3 is 5.92 Å². The number of alkyl halides is 2. The SMILES string of the molecule is O=C1CCC(/C=C/C(F)(F)c2cc3ccccc3s2)C1. The molecule has 1 saturated carbocycles. The van der Waals surface area contributed by atoms with Gasteiger partial charge in [-0.05, 0) is 35.9 Å². The molecule has 1 heterocycles. The van der Waals surface area contributed by atoms with E-state index in [1.54, 1.807) is 6.07 Å². The summed E-state index contributed by atoms with van der Waals surface area (Å²) in [6.07, 6.45) is 4.08. The smallest absolute Gasteiger partial charge is 0.300 e. The van der Waals surface area contributed by atoms with Gasteiger partial charge in [-0.15, -0.1) is 11.3 Å². The Morgan fingerprint density at radius 2 is 2.10 bits per heavy atom. The van der Waals surface area contributed by atoms with E-state index in [4.69, 9.17) is 0 Å². The third kappa shape index (κ3) is 2.66. The maximum atomic E-state index is 14.2. The Balaban J connectivity index is 1.83. The number of thiophene rings is 1. The number of halogens is 2. The first kappa shape index (κ1) is 13.4. The molecule has 0 N–H and O–H groups in total. The molecule has 20 heavy (non-hydrogen) atoms. The van der Waals surface area contributed by atoms with Crippen molar-refractivity contribution in [3.8, 4) is 0 Å². The van der Waals surface area contributed by atoms with Gasteiger partial charge in [0.25, 0.3) is 0 Å². The average Bonchev–Trinajstić information content (AvgIpc) is 3.02. The van der Waals surface area contributed by atoms with Crippen LogP contribution in [0.1, 0.15) is 24.1 Å². The highest BCUT2D eigenvalue weighted by molar-refractivity contribution is 7.19. The minimum Gasteiger partial charge on any atom is -0.300 e. The molecule has 1 unspecified atom stereocenters. The van der Waals surface area contributed by atoms with Gasteiger partial charge in [0.15, 0.2) is 0 Å². The van der Waals surface area contributed by atoms with E-state index in [9.17, 15) is 13.6 Å². The van der Waals surface area contributed by atoms with E-state index in [-0.39, 0.29) is 16.6 Å². The molecule has 4 heteroatoms. The molecule has 1 atom stereocenters. The lowest BCUT2D eigenvalue weighted by molar-refractivity contribution is -0.117. The van der Waals surface area contributed by atoms with Gasteiger partial charge in [-0.2, -0.15) is 8.78 Å². The Bertz CT molecular complexity index is 639. The van der Waals surface area contributed by atoms with Crippen LogP contribution in [0.2, 0.25) is 0 Å². The predicted octanol–water partition coefficient (Wildman–Crippen LogP) is 4.92. The lowest BCUT2D eigenvalue weighted by atomic mass is 10.1. The van der Waals surface area contributed by atoms with Gasteiger partial charge in [-0.25, -0.2) is 0 Å². The van der Waals surface area contributed by atoms with Gasteiger partial charge in [-0.1, -0.05) is 24.3 Å². The van der Waals surface area contributed by atoms with Crippen LogP contribution in [0.25, 0.3) is 10.1 Å². The highest BCUT2D eigenvalue weighted by Crippen LogP contribution is 2.38. The summed E-state index contributed by atoms with van der Waals surface area (Å²) in [6.45, 7) is 0. The largest absolute Gasteiger partial charge is 0.300 e. The maximum Gasteiger partial charge on any atom is 0.300 e. The number of hydrogen-bond acceptors (Lipinski definition) is 2. The summed E-state index contributed by atoms with van der Waals surface area (Å²) in [6, 6.07) is 8.92. The Labute approximate surface area is 119 Å². The van der Waals surface area contributed by atoms with Crippen molar-refractivity contribution in [1.82, 2.24) is 0 Å². The second kappa shape index (κ2) is 5.09. The number of hydrogen-bond donors (Lipinski definition) is 0. The Hall–Kier alpha value is -1.55. The van der Waals surface area contributed by atoms with Crippen LogP contribution in [0.5, 0.6) is 0 Å². The molecule has 1 aromatic heterocycles. The second-order valence-corrected chi connectivity index (χ2v) is 6.26. The normalized spacial score (nSPS) is 20.3. The number of ketones is 1. The van der Waals surface area contributed by atoms with Crippen LogP contribution in [0.4, 0.5) is 8.78 Å². The molecule has 0 bridgehead atoms. The van der Waals surface area contributed by atoms with Crippen LogP contribution in [0.15, 0.2) is 42.5 Å². The summed E-state index contributed by atoms with van der Waals surface area (Å²) in [5.41, 5.74) is 0. The second-order valence-electron chi connectivity index (χ2n) is 5.17. The molecule has 1 aromatic carbocycles. The van der Waals surface area contributed by atoms with Crippen molar-refractivity contribution in [1.29, 1.82) is 0 Å². The first-order chi connectivity index (χ1) is 9.54. The number of benzene rings is 1. The molecule has 0 saturated heterocycles. The van der Waals surface area contributed by atoms with Gasteiger partial charge in [0.05, 0.1) is 4.88 Å². The molecule has 2 aromatic rings. The fourth-order valence-electron chi connectivity index (χ4n) is 2.49. The molecular formula is C16H14F2OS. The van der Waals surface area contributed by atoms with Crippen molar-refractivity contribution in [3.63, 3.8) is 0 Å². The minimum atomic E-state index is -2.96. The molecule has 104 valence electrons. The zero-order chi connectivity index (χ0) is 14.2. The Morgan fingerprint density at radius 3 is 2.80 bits per heavy atom. The summed E-state index contributed by atoms with van der Waals surface area (Å²) in [5.74, 6) is -2.82. The van der Waals surface area contributed by atoms with Crippen molar-refractivity contribution in [2.75, 3.05) is 0 Å². The molecule has 1 aliphatic carbocycles. The summed E-state index contributed by atoms with van der Waals surface area (Å²) >= 11 is 1.12. The van der Waals surface area contributed by atoms with Crippen LogP contribution in [0.3, 0.4) is 0 Å². The highest BCUT2D eigenvalue weighted by atomic mass is 32.1. The molecule has 0 aliphatic heterocycles. The van der Waals surface area contributed by atoms with Crippen LogP contribution < -0.4 is 0 Å². The number of carbonyl (C=O) groups excluding carboxylic acids is 1. The monoisotopic (exact) mass is 292 g/mol. The van der Waals surface area contributed by atoms with Gasteiger partial charge in [0, 0.05) is 17.5 Å². The molecule has 0 amide bonds. The van der Waals surface area contributed by atoms with Crippen LogP contribution in [-0.4, -0.2) is 5.78 Å². The number of fused-ring (bicyclic) bond motifs is 1. The number of rotatable bonds is 3. The number of allylic oxidation sites excluding steroid dienone is 2. The van der Waals surface area contributed by atoms with E-state index < -0.39 is 5.92 Å². The lowest BCUT2D eigenvalue weighted by Gasteiger charge is -2.10. The molecular weight excluding hydrogens is 278 g/mol. The first-order valence-electron chi connectivity index (χ1n) is 6.62. The Kier molecular flexibility index (Phi) is 3.42. The van der Waals surface area contributed by atoms with Crippen molar-refractivity contribution >= 4 is 27.2 Å². The quantitative estimate of drug-likeness (QED) is 0.734. The molecule has 3 rings (SSSR count). The number of carbonyl (C=O) groups is 1. The van der Waals surface area contributed by atoms with Crippen molar-refractivity contribution < 1.29 is 13.6 Å². The lowest BCUT2D eigenvalue weighted by Crippen LogP contribution is -2.07. The fourth-order valence-corrected chi connectivity index (χ4v) is 3.51. The third-order valence-electron chi connectivity index (χ3n) is 3.62. The maximum absolute atomic E-state index is 14.2. The summed E-state index contributed by atoms with van der Waals surface area (Å²) in [5, 5.41) is 0.844. The summed E-state index contributed by atoms with van der Waals surface area (Å²) in [4.78, 5) is 11.2. The number of Topliss-reactive ketones (excluding diaryl/α,β-unsaturated/α-hetero) is 1. The average molecular weight is 292 g/mol. The topological polar surface area (TPSA) is 17.1 Å². The zero-order valence-electron chi connectivity index (χ0n) is 10.8. The Morgan fingerprint density at radius 1 is 1.30 bits per heavy atom. The van der Waals surface area contributed by atoms with Crippen LogP contribution >= 0.6 is 11.3 Å². The van der Waals surface area contributed by atoms with E-state index in [1.165, 1.54) is 6.08 Å². The van der Waals surface area contributed by atoms with E-state index in [1.807, 2.05) is 24.3 Å². The molecule has 0 spiro atoms. The van der Waals surface area contributed by atoms with E-state index in [0.717, 1.165) is 27.5 Å². The van der Waals surface area contributed by atoms with Gasteiger partial charge < -0.3 is 0 Å². The van der Waals surface area contributed by atoms with Gasteiger partial charge in [0.2, 0.25) is 0 Å². The van der Waals surface area contributed by atoms with Gasteiger partial charge in [0.1, 0.15) is 5.78 Å². The van der Waals surface area contributed by atoms with Crippen molar-refractivity contribution in [3.05, 3.63) is 47.4 Å². The van der Waals surface area contributed by atoms with E-state index >= 15 is 0 Å². The standard InChI is InChI=1S/C16H14F2OS/c17-16(18,8-7-11-5-6-13(19)9-11)15-10-12-3-1-2-4-14(12)20-15/h1-4,7-8,10-11H,5-6,9H2/b8-7+. The van der Waals surface area contributed by atoms with Crippen LogP contribution in [0, 0.1) is 5.92 Å². The predicted molar refractivity (Wildman–Crippen MR) is 77.2 cm³/mol. The third-order valence-corrected chi connectivity index (χ3v) is 4.82. The first-order valence-corrected chi connectivity index (χ1v) is 7.44. The zero-order valence-corrected chi connectivity index (χ0v) is 11.6. The summed E-state index contributed by atoms with van der Waals surface area (Å²) < 4.78 is 29.2. The molecule has 1 aliphatic rings. The molecule has 1 fully saturated rings. The summed E-state index contributed by atoms with van der Waals surface area (Å²) in [7, 11) is 0. The van der Waals surface area contributed by atoms with Crippen molar-refractivity contribution in [2.45, 2.75) is 25.2 Å². The highest BCUT2D eigenvalue weighted by Gasteiger charge is 2.31. The molecule has 0 radical (unpaired) electrons. The van der Waals surface area contributed by atoms with Crippen molar-refractivity contribution in [2.24, 2.45) is 5.92 Å². The van der Waals surface area contributed by atoms with Crippen LogP contribution in [-0.2, 0) is 10.7 Å². The van der Waals surface area contributed by atoms with E-state index in [0.29, 0.717) is 19.3 Å².